The number of ether oxygens (including phenoxy) is 1. The molecule has 16 heavy (non-hydrogen) atoms. The number of methoxy groups -OCH3 is 1. The van der Waals surface area contributed by atoms with Gasteiger partial charge in [-0.2, -0.15) is 11.8 Å². The molecule has 0 saturated carbocycles. The molecule has 0 saturated heterocycles. The Morgan fingerprint density at radius 1 is 1.56 bits per heavy atom. The zero-order valence-electron chi connectivity index (χ0n) is 9.55. The van der Waals surface area contributed by atoms with E-state index in [1.165, 1.54) is 7.11 Å². The highest BCUT2D eigenvalue weighted by Gasteiger charge is 2.24. The Kier molecular flexibility index (Phi) is 3.71. The topological polar surface area (TPSA) is 21.3 Å². The van der Waals surface area contributed by atoms with Crippen molar-refractivity contribution in [1.29, 1.82) is 0 Å². The van der Waals surface area contributed by atoms with Crippen LogP contribution in [0.1, 0.15) is 24.1 Å². The van der Waals surface area contributed by atoms with Gasteiger partial charge in [0.15, 0.2) is 11.6 Å². The van der Waals surface area contributed by atoms with Gasteiger partial charge in [0.2, 0.25) is 0 Å². The molecule has 1 aromatic carbocycles. The van der Waals surface area contributed by atoms with Crippen LogP contribution < -0.4 is 10.1 Å². The normalized spacial score (nSPS) is 19.3. The predicted molar refractivity (Wildman–Crippen MR) is 65.5 cm³/mol. The molecule has 0 radical (unpaired) electrons. The molecule has 0 aromatic heterocycles. The summed E-state index contributed by atoms with van der Waals surface area (Å²) < 4.78 is 19.0. The lowest BCUT2D eigenvalue weighted by atomic mass is 10.0. The molecule has 2 nitrogen and oxygen atoms in total. The van der Waals surface area contributed by atoms with Gasteiger partial charge in [-0.05, 0) is 18.2 Å². The van der Waals surface area contributed by atoms with Crippen LogP contribution >= 0.6 is 11.8 Å². The second kappa shape index (κ2) is 5.06. The zero-order chi connectivity index (χ0) is 11.5. The van der Waals surface area contributed by atoms with Crippen LogP contribution in [0.25, 0.3) is 0 Å². The van der Waals surface area contributed by atoms with Crippen molar-refractivity contribution in [2.24, 2.45) is 0 Å². The van der Waals surface area contributed by atoms with Crippen molar-refractivity contribution < 1.29 is 9.13 Å². The minimum atomic E-state index is -0.199. The molecule has 1 N–H and O–H groups in total. The number of thioether (sulfide) groups is 1. The van der Waals surface area contributed by atoms with Gasteiger partial charge in [0.25, 0.3) is 0 Å². The molecule has 0 bridgehead atoms. The summed E-state index contributed by atoms with van der Waals surface area (Å²) in [5.74, 6) is 1.89. The van der Waals surface area contributed by atoms with Crippen LogP contribution in [0.2, 0.25) is 0 Å². The molecule has 1 aliphatic heterocycles. The van der Waals surface area contributed by atoms with Gasteiger partial charge in [-0.1, -0.05) is 13.0 Å². The van der Waals surface area contributed by atoms with Gasteiger partial charge in [0.1, 0.15) is 0 Å². The molecule has 88 valence electrons. The molecule has 1 heterocycles. The van der Waals surface area contributed by atoms with E-state index in [2.05, 4.69) is 12.2 Å². The number of fused-ring (bicyclic) bond motifs is 1. The smallest absolute Gasteiger partial charge is 0.169 e. The third-order valence-electron chi connectivity index (χ3n) is 2.82. The standard InChI is InChI=1S/C12H16FNOS/c1-3-14-10-7-16-6-9-8(10)4-5-11(15-2)12(9)13/h4-5,10,14H,3,6-7H2,1-2H3. The van der Waals surface area contributed by atoms with Gasteiger partial charge in [-0.3, -0.25) is 0 Å². The van der Waals surface area contributed by atoms with Gasteiger partial charge in [-0.25, -0.2) is 4.39 Å². The molecule has 2 rings (SSSR count). The Labute approximate surface area is 99.6 Å². The number of halogens is 1. The number of hydrogen-bond acceptors (Lipinski definition) is 3. The first-order chi connectivity index (χ1) is 7.77. The molecule has 1 aliphatic rings. The predicted octanol–water partition coefficient (Wildman–Crippen LogP) is 2.73. The maximum atomic E-state index is 14.0. The first-order valence-corrected chi connectivity index (χ1v) is 6.59. The van der Waals surface area contributed by atoms with E-state index in [4.69, 9.17) is 4.74 Å². The molecule has 1 atom stereocenters. The van der Waals surface area contributed by atoms with Crippen LogP contribution in [0.4, 0.5) is 4.39 Å². The van der Waals surface area contributed by atoms with Crippen molar-refractivity contribution in [2.45, 2.75) is 18.7 Å². The number of hydrogen-bond donors (Lipinski definition) is 1. The van der Waals surface area contributed by atoms with Crippen molar-refractivity contribution in [3.8, 4) is 5.75 Å². The number of benzene rings is 1. The van der Waals surface area contributed by atoms with Crippen LogP contribution in [0.5, 0.6) is 5.75 Å². The van der Waals surface area contributed by atoms with Gasteiger partial charge in [0.05, 0.1) is 7.11 Å². The average molecular weight is 241 g/mol. The third kappa shape index (κ3) is 2.04. The fourth-order valence-corrected chi connectivity index (χ4v) is 3.18. The minimum Gasteiger partial charge on any atom is -0.494 e. The van der Waals surface area contributed by atoms with Gasteiger partial charge >= 0.3 is 0 Å². The van der Waals surface area contributed by atoms with Crippen molar-refractivity contribution in [1.82, 2.24) is 5.32 Å². The highest BCUT2D eigenvalue weighted by molar-refractivity contribution is 7.98. The minimum absolute atomic E-state index is 0.199. The van der Waals surface area contributed by atoms with Crippen LogP contribution in [-0.2, 0) is 5.75 Å². The Balaban J connectivity index is 2.39. The highest BCUT2D eigenvalue weighted by atomic mass is 32.2. The van der Waals surface area contributed by atoms with Gasteiger partial charge in [-0.15, -0.1) is 0 Å². The van der Waals surface area contributed by atoms with E-state index in [0.29, 0.717) is 5.75 Å². The molecule has 4 heteroatoms. The number of nitrogens with one attached hydrogen (secondary N) is 1. The molecular weight excluding hydrogens is 225 g/mol. The van der Waals surface area contributed by atoms with Crippen molar-refractivity contribution >= 4 is 11.8 Å². The lowest BCUT2D eigenvalue weighted by Gasteiger charge is -2.26. The lowest BCUT2D eigenvalue weighted by Crippen LogP contribution is -2.26. The molecule has 0 spiro atoms. The Bertz CT molecular complexity index is 384. The average Bonchev–Trinajstić information content (AvgIpc) is 2.31. The Hall–Kier alpha value is -0.740. The van der Waals surface area contributed by atoms with E-state index in [9.17, 15) is 4.39 Å². The summed E-state index contributed by atoms with van der Waals surface area (Å²) in [6.45, 7) is 2.97. The van der Waals surface area contributed by atoms with E-state index in [1.807, 2.05) is 6.07 Å². The quantitative estimate of drug-likeness (QED) is 0.879. The van der Waals surface area contributed by atoms with Crippen LogP contribution in [0, 0.1) is 5.82 Å². The lowest BCUT2D eigenvalue weighted by molar-refractivity contribution is 0.383. The van der Waals surface area contributed by atoms with Crippen LogP contribution in [0.3, 0.4) is 0 Å². The summed E-state index contributed by atoms with van der Waals surface area (Å²) >= 11 is 1.76. The SMILES string of the molecule is CCNC1CSCc2c1ccc(OC)c2F. The first kappa shape index (κ1) is 11.7. The van der Waals surface area contributed by atoms with Crippen molar-refractivity contribution in [3.63, 3.8) is 0 Å². The fraction of sp³-hybridized carbons (Fsp3) is 0.500. The van der Waals surface area contributed by atoms with Gasteiger partial charge in [0, 0.05) is 23.1 Å². The molecule has 1 unspecified atom stereocenters. The Morgan fingerprint density at radius 3 is 3.06 bits per heavy atom. The zero-order valence-corrected chi connectivity index (χ0v) is 10.4. The van der Waals surface area contributed by atoms with E-state index in [1.54, 1.807) is 17.8 Å². The largest absolute Gasteiger partial charge is 0.494 e. The maximum Gasteiger partial charge on any atom is 0.169 e. The van der Waals surface area contributed by atoms with E-state index in [0.717, 1.165) is 29.2 Å². The summed E-state index contributed by atoms with van der Waals surface area (Å²) in [5, 5.41) is 3.38. The maximum absolute atomic E-state index is 14.0. The van der Waals surface area contributed by atoms with E-state index < -0.39 is 0 Å². The van der Waals surface area contributed by atoms with Crippen LogP contribution in [-0.4, -0.2) is 19.4 Å². The first-order valence-electron chi connectivity index (χ1n) is 5.44. The molecule has 0 fully saturated rings. The summed E-state index contributed by atoms with van der Waals surface area (Å²) in [4.78, 5) is 0. The summed E-state index contributed by atoms with van der Waals surface area (Å²) in [5.41, 5.74) is 1.88. The monoisotopic (exact) mass is 241 g/mol. The second-order valence-corrected chi connectivity index (χ2v) is 4.81. The molecule has 0 amide bonds. The summed E-state index contributed by atoms with van der Waals surface area (Å²) in [6.07, 6.45) is 0. The van der Waals surface area contributed by atoms with Crippen molar-refractivity contribution in [2.75, 3.05) is 19.4 Å². The highest BCUT2D eigenvalue weighted by Crippen LogP contribution is 2.36. The summed E-state index contributed by atoms with van der Waals surface area (Å²) in [6, 6.07) is 3.96. The third-order valence-corrected chi connectivity index (χ3v) is 3.88. The molecular formula is C12H16FNOS. The molecule has 0 aliphatic carbocycles. The van der Waals surface area contributed by atoms with Gasteiger partial charge < -0.3 is 10.1 Å². The van der Waals surface area contributed by atoms with Crippen LogP contribution in [0.15, 0.2) is 12.1 Å². The summed E-state index contributed by atoms with van der Waals surface area (Å²) in [7, 11) is 1.50. The van der Waals surface area contributed by atoms with E-state index in [-0.39, 0.29) is 11.9 Å². The fourth-order valence-electron chi connectivity index (χ4n) is 2.03. The second-order valence-electron chi connectivity index (χ2n) is 3.77. The molecule has 1 aromatic rings. The van der Waals surface area contributed by atoms with E-state index >= 15 is 0 Å². The number of rotatable bonds is 3. The Morgan fingerprint density at radius 2 is 2.38 bits per heavy atom. The van der Waals surface area contributed by atoms with Crippen molar-refractivity contribution in [3.05, 3.63) is 29.1 Å².